The molecule has 20 heavy (non-hydrogen) atoms. The molecule has 2 N–H and O–H groups in total. The summed E-state index contributed by atoms with van der Waals surface area (Å²) in [7, 11) is -4.85. The van der Waals surface area contributed by atoms with Crippen LogP contribution in [0.1, 0.15) is 55.4 Å². The largest absolute Gasteiger partial charge is 0.713 e. The van der Waals surface area contributed by atoms with Crippen molar-refractivity contribution in [3.05, 3.63) is 0 Å². The molecule has 0 radical (unpaired) electrons. The van der Waals surface area contributed by atoms with Gasteiger partial charge in [0.25, 0.3) is 10.4 Å². The fourth-order valence-electron chi connectivity index (χ4n) is 1.33. The number of guanidine groups is 1. The molecule has 0 aromatic rings. The molecule has 0 aromatic heterocycles. The first-order valence-corrected chi connectivity index (χ1v) is 7.82. The van der Waals surface area contributed by atoms with Gasteiger partial charge >= 0.3 is 5.96 Å². The molecular formula is C12H27N3O4S. The summed E-state index contributed by atoms with van der Waals surface area (Å²) in [6, 6.07) is -0.349. The van der Waals surface area contributed by atoms with Gasteiger partial charge in [-0.2, -0.15) is 8.42 Å². The first kappa shape index (κ1) is 19.0. The molecule has 0 aliphatic heterocycles. The van der Waals surface area contributed by atoms with Gasteiger partial charge in [-0.25, -0.2) is 4.28 Å². The van der Waals surface area contributed by atoms with E-state index in [1.165, 1.54) is 0 Å². The van der Waals surface area contributed by atoms with E-state index < -0.39 is 10.4 Å². The number of rotatable bonds is 3. The maximum atomic E-state index is 10.9. The Labute approximate surface area is 122 Å². The molecule has 0 unspecified atom stereocenters. The average Bonchev–Trinajstić information content (AvgIpc) is 2.06. The van der Waals surface area contributed by atoms with E-state index in [-0.39, 0.29) is 17.1 Å². The van der Waals surface area contributed by atoms with E-state index in [0.717, 1.165) is 4.74 Å². The van der Waals surface area contributed by atoms with Gasteiger partial charge in [0.05, 0.1) is 11.1 Å². The summed E-state index contributed by atoms with van der Waals surface area (Å²) in [4.78, 5) is 0. The van der Waals surface area contributed by atoms with E-state index in [2.05, 4.69) is 14.9 Å². The zero-order valence-electron chi connectivity index (χ0n) is 13.6. The van der Waals surface area contributed by atoms with Crippen molar-refractivity contribution in [1.82, 2.24) is 10.6 Å². The smallest absolute Gasteiger partial charge is 0.384 e. The molecule has 0 fully saturated rings. The minimum Gasteiger partial charge on any atom is -0.713 e. The normalized spacial score (nSPS) is 13.1. The third-order valence-corrected chi connectivity index (χ3v) is 2.19. The quantitative estimate of drug-likeness (QED) is 0.201. The molecule has 0 spiro atoms. The molecule has 0 aromatic carbocycles. The number of hydrogen-bond acceptors (Lipinski definition) is 4. The first-order valence-electron chi connectivity index (χ1n) is 6.49. The summed E-state index contributed by atoms with van der Waals surface area (Å²) in [5.74, 6) is 0.333. The first-order chi connectivity index (χ1) is 8.61. The third-order valence-electron chi connectivity index (χ3n) is 1.85. The predicted molar refractivity (Wildman–Crippen MR) is 77.0 cm³/mol. The van der Waals surface area contributed by atoms with Crippen LogP contribution < -0.4 is 10.6 Å². The third kappa shape index (κ3) is 8.98. The van der Waals surface area contributed by atoms with Gasteiger partial charge in [0, 0.05) is 0 Å². The highest BCUT2D eigenvalue weighted by Crippen LogP contribution is 2.05. The summed E-state index contributed by atoms with van der Waals surface area (Å²) in [6.45, 7) is 15.0. The molecule has 0 aliphatic rings. The number of hydrogen-bond donors (Lipinski definition) is 2. The highest BCUT2D eigenvalue weighted by atomic mass is 32.3. The van der Waals surface area contributed by atoms with Gasteiger partial charge in [-0.05, 0) is 55.4 Å². The lowest BCUT2D eigenvalue weighted by Crippen LogP contribution is -2.58. The van der Waals surface area contributed by atoms with E-state index in [4.69, 9.17) is 0 Å². The summed E-state index contributed by atoms with van der Waals surface area (Å²) in [6.07, 6.45) is 0. The Balaban J connectivity index is 5.74. The standard InChI is InChI=1S/C12H27N3O4S/c1-9(2)15(19-20(16,17)18)10(13-11(3,4)5)14-12(6,7)8/h9H,1-8H3,(H2,13,14,16,17,18). The van der Waals surface area contributed by atoms with Gasteiger partial charge in [0.15, 0.2) is 0 Å². The minimum absolute atomic E-state index is 0.333. The summed E-state index contributed by atoms with van der Waals surface area (Å²) >= 11 is 0. The van der Waals surface area contributed by atoms with Crippen LogP contribution in [-0.2, 0) is 14.7 Å². The van der Waals surface area contributed by atoms with E-state index >= 15 is 0 Å². The molecule has 120 valence electrons. The van der Waals surface area contributed by atoms with Gasteiger partial charge in [-0.1, -0.05) is 4.74 Å². The Hall–Kier alpha value is -1.02. The molecule has 0 aliphatic carbocycles. The van der Waals surface area contributed by atoms with E-state index in [1.54, 1.807) is 13.8 Å². The fourth-order valence-corrected chi connectivity index (χ4v) is 1.78. The van der Waals surface area contributed by atoms with Crippen LogP contribution >= 0.6 is 0 Å². The summed E-state index contributed by atoms with van der Waals surface area (Å²) < 4.78 is 38.3. The molecule has 0 amide bonds. The van der Waals surface area contributed by atoms with Crippen molar-refractivity contribution in [2.75, 3.05) is 0 Å². The fraction of sp³-hybridized carbons (Fsp3) is 0.917. The topological polar surface area (TPSA) is 93.5 Å². The molecule has 0 saturated carbocycles. The second-order valence-corrected chi connectivity index (χ2v) is 7.97. The van der Waals surface area contributed by atoms with Gasteiger partial charge in [0.1, 0.15) is 6.04 Å². The lowest BCUT2D eigenvalue weighted by atomic mass is 10.1. The number of nitrogens with one attached hydrogen (secondary N) is 2. The molecule has 0 bridgehead atoms. The van der Waals surface area contributed by atoms with Crippen molar-refractivity contribution in [3.63, 3.8) is 0 Å². The van der Waals surface area contributed by atoms with Gasteiger partial charge in [-0.15, -0.1) is 0 Å². The molecular weight excluding hydrogens is 282 g/mol. The molecule has 0 atom stereocenters. The van der Waals surface area contributed by atoms with Crippen LogP contribution in [0.4, 0.5) is 0 Å². The van der Waals surface area contributed by atoms with Crippen LogP contribution in [0.25, 0.3) is 0 Å². The van der Waals surface area contributed by atoms with Crippen molar-refractivity contribution in [2.45, 2.75) is 72.5 Å². The van der Waals surface area contributed by atoms with Crippen molar-refractivity contribution >= 4 is 16.4 Å². The van der Waals surface area contributed by atoms with E-state index in [1.807, 2.05) is 41.5 Å². The van der Waals surface area contributed by atoms with Crippen LogP contribution in [0.15, 0.2) is 0 Å². The lowest BCUT2D eigenvalue weighted by molar-refractivity contribution is -0.770. The Morgan fingerprint density at radius 2 is 1.40 bits per heavy atom. The summed E-state index contributed by atoms with van der Waals surface area (Å²) in [5, 5.41) is 6.24. The van der Waals surface area contributed by atoms with Crippen LogP contribution in [0.2, 0.25) is 0 Å². The Kier molecular flexibility index (Phi) is 5.86. The maximum Gasteiger partial charge on any atom is 0.384 e. The van der Waals surface area contributed by atoms with E-state index in [0.29, 0.717) is 5.96 Å². The van der Waals surface area contributed by atoms with Crippen molar-refractivity contribution < 1.29 is 22.0 Å². The van der Waals surface area contributed by atoms with Crippen molar-refractivity contribution in [1.29, 1.82) is 0 Å². The molecule has 0 rings (SSSR count). The Morgan fingerprint density at radius 3 is 1.60 bits per heavy atom. The predicted octanol–water partition coefficient (Wildman–Crippen LogP) is 0.931. The zero-order valence-corrected chi connectivity index (χ0v) is 14.4. The summed E-state index contributed by atoms with van der Waals surface area (Å²) in [5.41, 5.74) is -0.673. The second-order valence-electron chi connectivity index (χ2n) is 7.00. The maximum absolute atomic E-state index is 10.9. The molecule has 7 nitrogen and oxygen atoms in total. The molecule has 0 saturated heterocycles. The van der Waals surface area contributed by atoms with Crippen molar-refractivity contribution in [2.24, 2.45) is 0 Å². The Bertz CT molecular complexity index is 438. The minimum atomic E-state index is -4.85. The van der Waals surface area contributed by atoms with Crippen LogP contribution in [-0.4, -0.2) is 40.8 Å². The second kappa shape index (κ2) is 6.17. The van der Waals surface area contributed by atoms with Crippen LogP contribution in [0.5, 0.6) is 0 Å². The monoisotopic (exact) mass is 309 g/mol. The van der Waals surface area contributed by atoms with Crippen molar-refractivity contribution in [3.8, 4) is 0 Å². The van der Waals surface area contributed by atoms with Crippen LogP contribution in [0, 0.1) is 0 Å². The van der Waals surface area contributed by atoms with Gasteiger partial charge in [-0.3, -0.25) is 10.6 Å². The van der Waals surface area contributed by atoms with Gasteiger partial charge < -0.3 is 4.55 Å². The van der Waals surface area contributed by atoms with Gasteiger partial charge in [0.2, 0.25) is 0 Å². The number of hydroxylamine groups is 1. The molecule has 8 heteroatoms. The average molecular weight is 309 g/mol. The molecule has 0 heterocycles. The van der Waals surface area contributed by atoms with Crippen LogP contribution in [0.3, 0.4) is 0 Å². The SMILES string of the molecule is CC(C)[N+](OS(=O)(=O)[O-])=C(NC(C)(C)C)NC(C)(C)C. The number of nitrogens with zero attached hydrogens (tertiary/aromatic N) is 1. The zero-order chi connectivity index (χ0) is 16.4. The van der Waals surface area contributed by atoms with E-state index in [9.17, 15) is 13.0 Å². The highest BCUT2D eigenvalue weighted by molar-refractivity contribution is 7.80. The highest BCUT2D eigenvalue weighted by Gasteiger charge is 2.29. The lowest BCUT2D eigenvalue weighted by Gasteiger charge is -2.26. The Morgan fingerprint density at radius 1 is 1.05 bits per heavy atom.